The van der Waals surface area contributed by atoms with E-state index in [1.54, 1.807) is 0 Å². The number of nitrogens with zero attached hydrogens (tertiary/aromatic N) is 3. The molecule has 7 heteroatoms. The van der Waals surface area contributed by atoms with Crippen molar-refractivity contribution in [3.8, 4) is 6.07 Å². The fourth-order valence-electron chi connectivity index (χ4n) is 1.84. The van der Waals surface area contributed by atoms with Gasteiger partial charge in [0.2, 0.25) is 0 Å². The molecule has 20 heavy (non-hydrogen) atoms. The Morgan fingerprint density at radius 2 is 2.15 bits per heavy atom. The molecule has 0 N–H and O–H groups in total. The van der Waals surface area contributed by atoms with Crippen molar-refractivity contribution < 1.29 is 18.0 Å². The number of pyridine rings is 1. The lowest BCUT2D eigenvalue weighted by Gasteiger charge is -2.20. The van der Waals surface area contributed by atoms with Crippen molar-refractivity contribution in [3.63, 3.8) is 0 Å². The first kappa shape index (κ1) is 14.3. The second-order valence-corrected chi connectivity index (χ2v) is 4.57. The van der Waals surface area contributed by atoms with Crippen LogP contribution in [0.4, 0.5) is 13.2 Å². The number of carbonyl (C=O) groups is 1. The SMILES string of the molecule is N#CCCN(C(=O)c1ccc(C(F)(F)F)cn1)C1CC1. The molecule has 0 atom stereocenters. The first-order valence-corrected chi connectivity index (χ1v) is 6.14. The van der Waals surface area contributed by atoms with E-state index < -0.39 is 17.6 Å². The van der Waals surface area contributed by atoms with Gasteiger partial charge in [-0.05, 0) is 25.0 Å². The summed E-state index contributed by atoms with van der Waals surface area (Å²) in [5, 5.41) is 8.57. The number of alkyl halides is 3. The van der Waals surface area contributed by atoms with Crippen LogP contribution in [-0.4, -0.2) is 28.4 Å². The highest BCUT2D eigenvalue weighted by Gasteiger charge is 2.34. The molecule has 1 aromatic heterocycles. The lowest BCUT2D eigenvalue weighted by molar-refractivity contribution is -0.137. The predicted octanol–water partition coefficient (Wildman–Crippen LogP) is 2.62. The molecule has 1 aromatic rings. The van der Waals surface area contributed by atoms with E-state index in [1.807, 2.05) is 6.07 Å². The Morgan fingerprint density at radius 1 is 1.45 bits per heavy atom. The van der Waals surface area contributed by atoms with E-state index in [-0.39, 0.29) is 24.7 Å². The van der Waals surface area contributed by atoms with Crippen molar-refractivity contribution in [2.45, 2.75) is 31.5 Å². The number of hydrogen-bond acceptors (Lipinski definition) is 3. The van der Waals surface area contributed by atoms with Crippen LogP contribution in [0.1, 0.15) is 35.3 Å². The summed E-state index contributed by atoms with van der Waals surface area (Å²) >= 11 is 0. The Balaban J connectivity index is 2.13. The third-order valence-electron chi connectivity index (χ3n) is 3.02. The van der Waals surface area contributed by atoms with Crippen molar-refractivity contribution in [1.29, 1.82) is 5.26 Å². The van der Waals surface area contributed by atoms with E-state index >= 15 is 0 Å². The minimum atomic E-state index is -4.47. The maximum atomic E-state index is 12.4. The zero-order chi connectivity index (χ0) is 14.8. The van der Waals surface area contributed by atoms with E-state index in [4.69, 9.17) is 5.26 Å². The largest absolute Gasteiger partial charge is 0.417 e. The molecular formula is C13H12F3N3O. The van der Waals surface area contributed by atoms with Crippen molar-refractivity contribution in [3.05, 3.63) is 29.6 Å². The average molecular weight is 283 g/mol. The normalized spacial score (nSPS) is 14.7. The summed E-state index contributed by atoms with van der Waals surface area (Å²) < 4.78 is 37.2. The highest BCUT2D eigenvalue weighted by Crippen LogP contribution is 2.30. The second kappa shape index (κ2) is 5.49. The molecule has 0 unspecified atom stereocenters. The van der Waals surface area contributed by atoms with Gasteiger partial charge in [0.1, 0.15) is 5.69 Å². The lowest BCUT2D eigenvalue weighted by Crippen LogP contribution is -2.34. The van der Waals surface area contributed by atoms with E-state index in [0.29, 0.717) is 6.20 Å². The Morgan fingerprint density at radius 3 is 2.60 bits per heavy atom. The lowest BCUT2D eigenvalue weighted by atomic mass is 10.2. The summed E-state index contributed by atoms with van der Waals surface area (Å²) in [7, 11) is 0. The number of halogens is 3. The maximum absolute atomic E-state index is 12.4. The van der Waals surface area contributed by atoms with Crippen molar-refractivity contribution >= 4 is 5.91 Å². The Hall–Kier alpha value is -2.10. The third kappa shape index (κ3) is 3.26. The molecule has 0 bridgehead atoms. The number of carbonyl (C=O) groups excluding carboxylic acids is 1. The van der Waals surface area contributed by atoms with Crippen LogP contribution >= 0.6 is 0 Å². The number of rotatable bonds is 4. The van der Waals surface area contributed by atoms with E-state index in [2.05, 4.69) is 4.98 Å². The zero-order valence-corrected chi connectivity index (χ0v) is 10.5. The van der Waals surface area contributed by atoms with Crippen molar-refractivity contribution in [2.24, 2.45) is 0 Å². The molecule has 0 aromatic carbocycles. The molecule has 0 spiro atoms. The molecule has 106 valence electrons. The predicted molar refractivity (Wildman–Crippen MR) is 63.5 cm³/mol. The Kier molecular flexibility index (Phi) is 3.93. The molecule has 1 heterocycles. The summed E-state index contributed by atoms with van der Waals surface area (Å²) in [5.41, 5.74) is -0.910. The van der Waals surface area contributed by atoms with Crippen LogP contribution in [0.5, 0.6) is 0 Å². The van der Waals surface area contributed by atoms with Gasteiger partial charge in [0.05, 0.1) is 18.1 Å². The number of hydrogen-bond donors (Lipinski definition) is 0. The quantitative estimate of drug-likeness (QED) is 0.853. The molecule has 0 radical (unpaired) electrons. The van der Waals surface area contributed by atoms with Gasteiger partial charge in [-0.25, -0.2) is 0 Å². The smallest absolute Gasteiger partial charge is 0.333 e. The number of amides is 1. The van der Waals surface area contributed by atoms with Crippen LogP contribution in [0.25, 0.3) is 0 Å². The van der Waals surface area contributed by atoms with Crippen LogP contribution in [0.3, 0.4) is 0 Å². The average Bonchev–Trinajstić information content (AvgIpc) is 3.23. The molecule has 1 aliphatic carbocycles. The van der Waals surface area contributed by atoms with Gasteiger partial charge in [-0.15, -0.1) is 0 Å². The monoisotopic (exact) mass is 283 g/mol. The summed E-state index contributed by atoms with van der Waals surface area (Å²) in [6.45, 7) is 0.280. The summed E-state index contributed by atoms with van der Waals surface area (Å²) in [6.07, 6.45) is -1.90. The van der Waals surface area contributed by atoms with Gasteiger partial charge in [0.15, 0.2) is 0 Å². The van der Waals surface area contributed by atoms with Crippen LogP contribution in [0.15, 0.2) is 18.3 Å². The van der Waals surface area contributed by atoms with E-state index in [9.17, 15) is 18.0 Å². The van der Waals surface area contributed by atoms with Gasteiger partial charge in [-0.2, -0.15) is 18.4 Å². The van der Waals surface area contributed by atoms with Crippen LogP contribution in [-0.2, 0) is 6.18 Å². The topological polar surface area (TPSA) is 57.0 Å². The molecule has 4 nitrogen and oxygen atoms in total. The van der Waals surface area contributed by atoms with Gasteiger partial charge < -0.3 is 4.90 Å². The van der Waals surface area contributed by atoms with E-state index in [0.717, 1.165) is 25.0 Å². The minimum absolute atomic E-state index is 0.0251. The van der Waals surface area contributed by atoms with Crippen LogP contribution in [0, 0.1) is 11.3 Å². The van der Waals surface area contributed by atoms with Gasteiger partial charge in [0, 0.05) is 18.8 Å². The first-order valence-electron chi connectivity index (χ1n) is 6.14. The first-order chi connectivity index (χ1) is 9.43. The maximum Gasteiger partial charge on any atom is 0.417 e. The molecule has 1 fully saturated rings. The number of aromatic nitrogens is 1. The Labute approximate surface area is 113 Å². The van der Waals surface area contributed by atoms with E-state index in [1.165, 1.54) is 4.90 Å². The molecular weight excluding hydrogens is 271 g/mol. The second-order valence-electron chi connectivity index (χ2n) is 4.57. The molecule has 2 rings (SSSR count). The van der Waals surface area contributed by atoms with Gasteiger partial charge >= 0.3 is 6.18 Å². The van der Waals surface area contributed by atoms with Crippen molar-refractivity contribution in [1.82, 2.24) is 9.88 Å². The summed E-state index contributed by atoms with van der Waals surface area (Å²) in [5.74, 6) is -0.420. The third-order valence-corrected chi connectivity index (χ3v) is 3.02. The number of nitriles is 1. The van der Waals surface area contributed by atoms with Gasteiger partial charge in [-0.1, -0.05) is 0 Å². The Bertz CT molecular complexity index is 529. The fraction of sp³-hybridized carbons (Fsp3) is 0.462. The zero-order valence-electron chi connectivity index (χ0n) is 10.5. The molecule has 1 amide bonds. The highest BCUT2D eigenvalue weighted by molar-refractivity contribution is 5.92. The van der Waals surface area contributed by atoms with Crippen LogP contribution in [0.2, 0.25) is 0 Å². The molecule has 1 saturated carbocycles. The van der Waals surface area contributed by atoms with Gasteiger partial charge in [-0.3, -0.25) is 9.78 Å². The van der Waals surface area contributed by atoms with Crippen molar-refractivity contribution in [2.75, 3.05) is 6.54 Å². The molecule has 0 aliphatic heterocycles. The highest BCUT2D eigenvalue weighted by atomic mass is 19.4. The molecule has 0 saturated heterocycles. The van der Waals surface area contributed by atoms with Gasteiger partial charge in [0.25, 0.3) is 5.91 Å². The summed E-state index contributed by atoms with van der Waals surface area (Å²) in [6, 6.07) is 3.96. The fourth-order valence-corrected chi connectivity index (χ4v) is 1.84. The molecule has 1 aliphatic rings. The minimum Gasteiger partial charge on any atom is -0.333 e. The summed E-state index contributed by atoms with van der Waals surface area (Å²) in [4.78, 5) is 17.3. The van der Waals surface area contributed by atoms with Crippen LogP contribution < -0.4 is 0 Å². The standard InChI is InChI=1S/C13H12F3N3O/c14-13(15,16)9-2-5-11(18-8-9)12(20)19(7-1-6-17)10-3-4-10/h2,5,8,10H,1,3-4,7H2.